The van der Waals surface area contributed by atoms with Crippen LogP contribution in [0.4, 0.5) is 5.82 Å². The predicted molar refractivity (Wildman–Crippen MR) is 71.4 cm³/mol. The fraction of sp³-hybridized carbons (Fsp3) is 0.500. The fourth-order valence-corrected chi connectivity index (χ4v) is 2.44. The van der Waals surface area contributed by atoms with Gasteiger partial charge in [0.25, 0.3) is 5.91 Å². The van der Waals surface area contributed by atoms with Crippen LogP contribution in [0.3, 0.4) is 0 Å². The van der Waals surface area contributed by atoms with E-state index in [2.05, 4.69) is 17.3 Å². The Labute approximate surface area is 111 Å². The van der Waals surface area contributed by atoms with Gasteiger partial charge in [-0.2, -0.15) is 0 Å². The second-order valence-corrected chi connectivity index (χ2v) is 4.91. The average molecular weight is 269 g/mol. The molecule has 0 aromatic carbocycles. The average Bonchev–Trinajstić information content (AvgIpc) is 2.85. The summed E-state index contributed by atoms with van der Waals surface area (Å²) in [5, 5.41) is 0.264. The molecule has 3 N–H and O–H groups in total. The highest BCUT2D eigenvalue weighted by molar-refractivity contribution is 6.29. The number of nitrogen functional groups attached to an aromatic ring is 1. The van der Waals surface area contributed by atoms with Crippen molar-refractivity contribution in [2.75, 3.05) is 18.5 Å². The third kappa shape index (κ3) is 2.73. The Bertz CT molecular complexity index is 452. The molecule has 0 bridgehead atoms. The standard InChI is InChI=1S/C12H17ClN4O/c1-2-8-3-4-17(7-8)12(18)9-5-10(13)15-11(6-9)16-14/h5-6,8H,2-4,7,14H2,1H3,(H,15,16). The maximum Gasteiger partial charge on any atom is 0.254 e. The molecule has 1 amide bonds. The number of nitrogens with one attached hydrogen (secondary N) is 1. The molecule has 1 saturated heterocycles. The lowest BCUT2D eigenvalue weighted by molar-refractivity contribution is 0.0787. The molecule has 1 aliphatic rings. The molecule has 1 unspecified atom stereocenters. The van der Waals surface area contributed by atoms with Crippen LogP contribution in [0, 0.1) is 5.92 Å². The fourth-order valence-electron chi connectivity index (χ4n) is 2.23. The lowest BCUT2D eigenvalue weighted by Crippen LogP contribution is -2.28. The van der Waals surface area contributed by atoms with E-state index in [0.717, 1.165) is 25.9 Å². The second kappa shape index (κ2) is 5.54. The van der Waals surface area contributed by atoms with E-state index in [-0.39, 0.29) is 11.1 Å². The minimum Gasteiger partial charge on any atom is -0.338 e. The summed E-state index contributed by atoms with van der Waals surface area (Å²) < 4.78 is 0. The van der Waals surface area contributed by atoms with Crippen LogP contribution in [0.2, 0.25) is 5.15 Å². The van der Waals surface area contributed by atoms with Crippen LogP contribution in [0.5, 0.6) is 0 Å². The largest absolute Gasteiger partial charge is 0.338 e. The van der Waals surface area contributed by atoms with Crippen LogP contribution in [0.15, 0.2) is 12.1 Å². The molecule has 1 aromatic rings. The highest BCUT2D eigenvalue weighted by Gasteiger charge is 2.26. The molecule has 2 heterocycles. The van der Waals surface area contributed by atoms with Gasteiger partial charge in [0, 0.05) is 18.7 Å². The minimum absolute atomic E-state index is 0.00764. The number of hydrogen-bond acceptors (Lipinski definition) is 4. The summed E-state index contributed by atoms with van der Waals surface area (Å²) in [5.74, 6) is 6.29. The van der Waals surface area contributed by atoms with E-state index < -0.39 is 0 Å². The molecule has 0 saturated carbocycles. The van der Waals surface area contributed by atoms with E-state index in [1.54, 1.807) is 12.1 Å². The SMILES string of the molecule is CCC1CCN(C(=O)c2cc(Cl)nc(NN)c2)C1. The van der Waals surface area contributed by atoms with Crippen molar-refractivity contribution < 1.29 is 4.79 Å². The number of anilines is 1. The van der Waals surface area contributed by atoms with Crippen LogP contribution in [-0.4, -0.2) is 28.9 Å². The van der Waals surface area contributed by atoms with Gasteiger partial charge in [0.2, 0.25) is 0 Å². The zero-order valence-electron chi connectivity index (χ0n) is 10.3. The van der Waals surface area contributed by atoms with Gasteiger partial charge in [-0.1, -0.05) is 24.9 Å². The number of nitrogens with zero attached hydrogens (tertiary/aromatic N) is 2. The minimum atomic E-state index is -0.00764. The molecule has 18 heavy (non-hydrogen) atoms. The van der Waals surface area contributed by atoms with Crippen LogP contribution >= 0.6 is 11.6 Å². The van der Waals surface area contributed by atoms with Crippen molar-refractivity contribution >= 4 is 23.3 Å². The van der Waals surface area contributed by atoms with Crippen molar-refractivity contribution in [2.24, 2.45) is 11.8 Å². The van der Waals surface area contributed by atoms with Crippen molar-refractivity contribution in [3.8, 4) is 0 Å². The van der Waals surface area contributed by atoms with Crippen molar-refractivity contribution in [1.29, 1.82) is 0 Å². The Morgan fingerprint density at radius 3 is 3.06 bits per heavy atom. The number of likely N-dealkylation sites (tertiary alicyclic amines) is 1. The quantitative estimate of drug-likeness (QED) is 0.499. The Kier molecular flexibility index (Phi) is 4.04. The number of halogens is 1. The topological polar surface area (TPSA) is 71.2 Å². The third-order valence-electron chi connectivity index (χ3n) is 3.34. The summed E-state index contributed by atoms with van der Waals surface area (Å²) in [6, 6.07) is 3.19. The first kappa shape index (κ1) is 13.1. The van der Waals surface area contributed by atoms with Crippen molar-refractivity contribution in [3.63, 3.8) is 0 Å². The molecule has 2 rings (SSSR count). The van der Waals surface area contributed by atoms with Gasteiger partial charge in [0.15, 0.2) is 0 Å². The molecular weight excluding hydrogens is 252 g/mol. The van der Waals surface area contributed by atoms with E-state index in [4.69, 9.17) is 17.4 Å². The number of amides is 1. The van der Waals surface area contributed by atoms with Crippen molar-refractivity contribution in [3.05, 3.63) is 22.8 Å². The summed E-state index contributed by atoms with van der Waals surface area (Å²) in [6.45, 7) is 3.78. The van der Waals surface area contributed by atoms with Gasteiger partial charge < -0.3 is 10.3 Å². The first-order valence-electron chi connectivity index (χ1n) is 6.07. The van der Waals surface area contributed by atoms with Crippen molar-refractivity contribution in [2.45, 2.75) is 19.8 Å². The molecule has 1 atom stereocenters. The molecule has 5 nitrogen and oxygen atoms in total. The highest BCUT2D eigenvalue weighted by atomic mass is 35.5. The predicted octanol–water partition coefficient (Wildman–Crippen LogP) is 1.89. The maximum absolute atomic E-state index is 12.3. The molecule has 0 aliphatic carbocycles. The number of hydrogen-bond donors (Lipinski definition) is 2. The summed E-state index contributed by atoms with van der Waals surface area (Å²) in [6.07, 6.45) is 2.18. The van der Waals surface area contributed by atoms with Crippen molar-refractivity contribution in [1.82, 2.24) is 9.88 Å². The Morgan fingerprint density at radius 2 is 2.44 bits per heavy atom. The lowest BCUT2D eigenvalue weighted by atomic mass is 10.1. The van der Waals surface area contributed by atoms with Gasteiger partial charge in [-0.25, -0.2) is 10.8 Å². The van der Waals surface area contributed by atoms with Gasteiger partial charge in [-0.05, 0) is 24.5 Å². The summed E-state index contributed by atoms with van der Waals surface area (Å²) >= 11 is 5.86. The van der Waals surface area contributed by atoms with E-state index in [0.29, 0.717) is 17.3 Å². The zero-order chi connectivity index (χ0) is 13.1. The number of pyridine rings is 1. The molecule has 0 spiro atoms. The Morgan fingerprint density at radius 1 is 1.67 bits per heavy atom. The molecule has 98 valence electrons. The van der Waals surface area contributed by atoms with Crippen LogP contribution < -0.4 is 11.3 Å². The molecule has 1 aliphatic heterocycles. The first-order valence-corrected chi connectivity index (χ1v) is 6.45. The number of nitrogens with two attached hydrogens (primary N) is 1. The first-order chi connectivity index (χ1) is 8.63. The van der Waals surface area contributed by atoms with Gasteiger partial charge in [-0.3, -0.25) is 4.79 Å². The number of rotatable bonds is 3. The number of carbonyl (C=O) groups is 1. The Balaban J connectivity index is 2.16. The van der Waals surface area contributed by atoms with E-state index >= 15 is 0 Å². The summed E-state index contributed by atoms with van der Waals surface area (Å²) in [7, 11) is 0. The molecule has 1 fully saturated rings. The highest BCUT2D eigenvalue weighted by Crippen LogP contribution is 2.22. The molecule has 1 aromatic heterocycles. The van der Waals surface area contributed by atoms with Gasteiger partial charge in [-0.15, -0.1) is 0 Å². The van der Waals surface area contributed by atoms with Gasteiger partial charge >= 0.3 is 0 Å². The van der Waals surface area contributed by atoms with Crippen LogP contribution in [0.1, 0.15) is 30.1 Å². The number of aromatic nitrogens is 1. The maximum atomic E-state index is 12.3. The molecular formula is C12H17ClN4O. The number of carbonyl (C=O) groups excluding carboxylic acids is 1. The zero-order valence-corrected chi connectivity index (χ0v) is 11.1. The normalized spacial score (nSPS) is 19.1. The van der Waals surface area contributed by atoms with Crippen LogP contribution in [-0.2, 0) is 0 Å². The smallest absolute Gasteiger partial charge is 0.254 e. The third-order valence-corrected chi connectivity index (χ3v) is 3.53. The van der Waals surface area contributed by atoms with Gasteiger partial charge in [0.05, 0.1) is 0 Å². The lowest BCUT2D eigenvalue weighted by Gasteiger charge is -2.16. The van der Waals surface area contributed by atoms with Crippen LogP contribution in [0.25, 0.3) is 0 Å². The summed E-state index contributed by atoms with van der Waals surface area (Å²) in [5.41, 5.74) is 2.93. The molecule has 0 radical (unpaired) electrons. The molecule has 6 heteroatoms. The Hall–Kier alpha value is -1.33. The van der Waals surface area contributed by atoms with E-state index in [1.165, 1.54) is 0 Å². The monoisotopic (exact) mass is 268 g/mol. The van der Waals surface area contributed by atoms with E-state index in [9.17, 15) is 4.79 Å². The second-order valence-electron chi connectivity index (χ2n) is 4.52. The summed E-state index contributed by atoms with van der Waals surface area (Å²) in [4.78, 5) is 18.1. The van der Waals surface area contributed by atoms with Gasteiger partial charge in [0.1, 0.15) is 11.0 Å². The van der Waals surface area contributed by atoms with E-state index in [1.807, 2.05) is 4.90 Å². The number of hydrazine groups is 1.